The summed E-state index contributed by atoms with van der Waals surface area (Å²) >= 11 is 0. The minimum absolute atomic E-state index is 0.294. The molecule has 2 unspecified atom stereocenters. The molecule has 0 aromatic heterocycles. The Morgan fingerprint density at radius 3 is 2.11 bits per heavy atom. The van der Waals surface area contributed by atoms with Crippen molar-refractivity contribution < 1.29 is 36.2 Å². The first-order valence-electron chi connectivity index (χ1n) is 12.7. The molecule has 0 bridgehead atoms. The molecule has 2 heterocycles. The number of benzene rings is 3. The molecule has 9 heteroatoms. The minimum atomic E-state index is -2.19. The van der Waals surface area contributed by atoms with Gasteiger partial charge < -0.3 is 14.2 Å². The summed E-state index contributed by atoms with van der Waals surface area (Å²) < 4.78 is 88.8. The van der Waals surface area contributed by atoms with Crippen molar-refractivity contribution in [2.75, 3.05) is 40.0 Å². The van der Waals surface area contributed by atoms with E-state index in [1.54, 1.807) is 42.5 Å². The summed E-state index contributed by atoms with van der Waals surface area (Å²) in [6, 6.07) is 12.0. The Hall–Kier alpha value is -3.33. The van der Waals surface area contributed by atoms with Crippen molar-refractivity contribution in [2.45, 2.75) is 31.1 Å². The van der Waals surface area contributed by atoms with Crippen molar-refractivity contribution in [2.24, 2.45) is 0 Å². The second kappa shape index (κ2) is 11.2. The molecule has 202 valence electrons. The summed E-state index contributed by atoms with van der Waals surface area (Å²) in [5.41, 5.74) is 0.275. The average Bonchev–Trinajstić information content (AvgIpc) is 2.95. The molecular weight excluding hydrogens is 505 g/mol. The highest BCUT2D eigenvalue weighted by Gasteiger charge is 2.40. The fraction of sp³-hybridized carbons (Fsp3) is 0.379. The van der Waals surface area contributed by atoms with Crippen LogP contribution in [0.25, 0.3) is 0 Å². The van der Waals surface area contributed by atoms with Crippen molar-refractivity contribution in [1.82, 2.24) is 4.90 Å². The lowest BCUT2D eigenvalue weighted by atomic mass is 9.75. The second-order valence-corrected chi connectivity index (χ2v) is 9.60. The molecule has 5 rings (SSSR count). The number of likely N-dealkylation sites (tertiary alicyclic amines) is 1. The first-order valence-corrected chi connectivity index (χ1v) is 12.7. The molecular formula is C29H28F5NO3. The van der Waals surface area contributed by atoms with E-state index < -0.39 is 46.5 Å². The number of halogens is 5. The molecule has 2 aliphatic rings. The van der Waals surface area contributed by atoms with Crippen LogP contribution < -0.4 is 14.2 Å². The Morgan fingerprint density at radius 2 is 1.45 bits per heavy atom. The third-order valence-electron chi connectivity index (χ3n) is 7.36. The van der Waals surface area contributed by atoms with Gasteiger partial charge in [-0.1, -0.05) is 24.6 Å². The highest BCUT2D eigenvalue weighted by molar-refractivity contribution is 5.51. The third kappa shape index (κ3) is 5.04. The standard InChI is InChI=1S/C29H28F5NO3/c1-36-19-9-10-20-22(15-19)38-16-21(24-25(30)27(32)29(34)28(33)26(24)31)23(20)17-5-7-18(8-6-17)37-14-13-35-11-3-2-4-12-35/h5-10,15,21,23H,2-4,11-14,16H2,1H3. The minimum Gasteiger partial charge on any atom is -0.497 e. The Morgan fingerprint density at radius 1 is 0.816 bits per heavy atom. The van der Waals surface area contributed by atoms with Crippen LogP contribution in [0.4, 0.5) is 22.0 Å². The van der Waals surface area contributed by atoms with Gasteiger partial charge in [0, 0.05) is 35.6 Å². The first kappa shape index (κ1) is 26.3. The molecule has 0 amide bonds. The molecule has 2 atom stereocenters. The van der Waals surface area contributed by atoms with Gasteiger partial charge in [0.05, 0.1) is 13.7 Å². The maximum Gasteiger partial charge on any atom is 0.200 e. The van der Waals surface area contributed by atoms with Gasteiger partial charge in [-0.25, -0.2) is 22.0 Å². The number of nitrogens with zero attached hydrogens (tertiary/aromatic N) is 1. The second-order valence-electron chi connectivity index (χ2n) is 9.60. The van der Waals surface area contributed by atoms with Gasteiger partial charge in [-0.2, -0.15) is 0 Å². The molecule has 1 saturated heterocycles. The van der Waals surface area contributed by atoms with Crippen molar-refractivity contribution in [3.8, 4) is 17.2 Å². The summed E-state index contributed by atoms with van der Waals surface area (Å²) in [4.78, 5) is 2.36. The maximum atomic E-state index is 14.9. The van der Waals surface area contributed by atoms with Gasteiger partial charge in [-0.05, 0) is 49.7 Å². The number of ether oxygens (including phenoxy) is 3. The van der Waals surface area contributed by atoms with Crippen LogP contribution in [0.5, 0.6) is 17.2 Å². The van der Waals surface area contributed by atoms with E-state index in [0.29, 0.717) is 35.0 Å². The number of fused-ring (bicyclic) bond motifs is 1. The van der Waals surface area contributed by atoms with E-state index in [9.17, 15) is 22.0 Å². The first-order chi connectivity index (χ1) is 18.4. The number of rotatable bonds is 7. The highest BCUT2D eigenvalue weighted by Crippen LogP contribution is 2.48. The Labute approximate surface area is 217 Å². The van der Waals surface area contributed by atoms with Crippen LogP contribution in [0.2, 0.25) is 0 Å². The fourth-order valence-corrected chi connectivity index (χ4v) is 5.37. The zero-order valence-electron chi connectivity index (χ0n) is 20.9. The Bertz CT molecular complexity index is 1270. The van der Waals surface area contributed by atoms with E-state index in [0.717, 1.165) is 19.6 Å². The van der Waals surface area contributed by atoms with Crippen molar-refractivity contribution in [1.29, 1.82) is 0 Å². The van der Waals surface area contributed by atoms with Crippen molar-refractivity contribution >= 4 is 0 Å². The van der Waals surface area contributed by atoms with Crippen LogP contribution in [0.1, 0.15) is 47.8 Å². The Balaban J connectivity index is 1.47. The normalized spacial score (nSPS) is 19.5. The molecule has 3 aromatic rings. The lowest BCUT2D eigenvalue weighted by Gasteiger charge is -2.35. The van der Waals surface area contributed by atoms with Crippen LogP contribution in [0.15, 0.2) is 42.5 Å². The lowest BCUT2D eigenvalue weighted by molar-refractivity contribution is 0.183. The summed E-state index contributed by atoms with van der Waals surface area (Å²) in [7, 11) is 1.49. The molecule has 0 radical (unpaired) electrons. The summed E-state index contributed by atoms with van der Waals surface area (Å²) in [6.07, 6.45) is 3.64. The van der Waals surface area contributed by atoms with E-state index in [4.69, 9.17) is 14.2 Å². The van der Waals surface area contributed by atoms with Gasteiger partial charge in [-0.3, -0.25) is 4.90 Å². The molecule has 0 aliphatic carbocycles. The molecule has 38 heavy (non-hydrogen) atoms. The van der Waals surface area contributed by atoms with Crippen LogP contribution >= 0.6 is 0 Å². The largest absolute Gasteiger partial charge is 0.497 e. The van der Waals surface area contributed by atoms with Gasteiger partial charge in [0.15, 0.2) is 23.3 Å². The number of methoxy groups -OCH3 is 1. The molecule has 0 saturated carbocycles. The SMILES string of the molecule is COc1ccc2c(c1)OCC(c1c(F)c(F)c(F)c(F)c1F)C2c1ccc(OCCN2CCCCC2)cc1. The summed E-state index contributed by atoms with van der Waals surface area (Å²) in [6.45, 7) is 3.17. The van der Waals surface area contributed by atoms with E-state index in [2.05, 4.69) is 4.90 Å². The van der Waals surface area contributed by atoms with E-state index >= 15 is 0 Å². The predicted molar refractivity (Wildman–Crippen MR) is 132 cm³/mol. The predicted octanol–water partition coefficient (Wildman–Crippen LogP) is 6.56. The maximum absolute atomic E-state index is 14.9. The van der Waals surface area contributed by atoms with E-state index in [1.165, 1.54) is 26.4 Å². The number of hydrogen-bond donors (Lipinski definition) is 0. The van der Waals surface area contributed by atoms with Crippen LogP contribution in [0.3, 0.4) is 0 Å². The number of hydrogen-bond acceptors (Lipinski definition) is 4. The van der Waals surface area contributed by atoms with Gasteiger partial charge >= 0.3 is 0 Å². The zero-order valence-corrected chi connectivity index (χ0v) is 20.9. The number of piperidine rings is 1. The van der Waals surface area contributed by atoms with Crippen molar-refractivity contribution in [3.63, 3.8) is 0 Å². The smallest absolute Gasteiger partial charge is 0.200 e. The van der Waals surface area contributed by atoms with Crippen LogP contribution in [0, 0.1) is 29.1 Å². The quantitative estimate of drug-likeness (QED) is 0.196. The Kier molecular flexibility index (Phi) is 7.74. The topological polar surface area (TPSA) is 30.9 Å². The van der Waals surface area contributed by atoms with Gasteiger partial charge in [-0.15, -0.1) is 0 Å². The van der Waals surface area contributed by atoms with Crippen LogP contribution in [-0.4, -0.2) is 44.9 Å². The van der Waals surface area contributed by atoms with Gasteiger partial charge in [0.25, 0.3) is 0 Å². The average molecular weight is 534 g/mol. The molecule has 2 aliphatic heterocycles. The van der Waals surface area contributed by atoms with Crippen LogP contribution in [-0.2, 0) is 0 Å². The third-order valence-corrected chi connectivity index (χ3v) is 7.36. The molecule has 0 spiro atoms. The van der Waals surface area contributed by atoms with Crippen molar-refractivity contribution in [3.05, 3.63) is 88.2 Å². The summed E-state index contributed by atoms with van der Waals surface area (Å²) in [5.74, 6) is -10.2. The van der Waals surface area contributed by atoms with E-state index in [1.807, 2.05) is 0 Å². The lowest BCUT2D eigenvalue weighted by Crippen LogP contribution is -2.33. The highest BCUT2D eigenvalue weighted by atomic mass is 19.2. The van der Waals surface area contributed by atoms with Gasteiger partial charge in [0.1, 0.15) is 23.9 Å². The molecule has 4 nitrogen and oxygen atoms in total. The molecule has 0 N–H and O–H groups in total. The summed E-state index contributed by atoms with van der Waals surface area (Å²) in [5, 5.41) is 0. The molecule has 1 fully saturated rings. The molecule has 3 aromatic carbocycles. The monoisotopic (exact) mass is 533 g/mol. The van der Waals surface area contributed by atoms with E-state index in [-0.39, 0.29) is 6.61 Å². The fourth-order valence-electron chi connectivity index (χ4n) is 5.37. The van der Waals surface area contributed by atoms with Gasteiger partial charge in [0.2, 0.25) is 5.82 Å². The zero-order chi connectivity index (χ0) is 26.8.